The minimum atomic E-state index is -0.841. The maximum atomic E-state index is 12.4. The lowest BCUT2D eigenvalue weighted by molar-refractivity contribution is -0.143. The summed E-state index contributed by atoms with van der Waals surface area (Å²) in [5, 5.41) is 23.0. The van der Waals surface area contributed by atoms with E-state index in [0.29, 0.717) is 19.4 Å². The topological polar surface area (TPSA) is 95.9 Å². The lowest BCUT2D eigenvalue weighted by Gasteiger charge is -2.20. The summed E-state index contributed by atoms with van der Waals surface area (Å²) in [6, 6.07) is -0.625. The van der Waals surface area contributed by atoms with Gasteiger partial charge in [0.05, 0.1) is 25.4 Å². The van der Waals surface area contributed by atoms with E-state index in [9.17, 15) is 19.8 Å². The number of carbonyl (C=O) groups is 2. The number of esters is 1. The highest BCUT2D eigenvalue weighted by Crippen LogP contribution is 2.17. The van der Waals surface area contributed by atoms with E-state index in [-0.39, 0.29) is 18.5 Å². The SMILES string of the molecule is CCCCCCCC/C=C\CCCCCCCC(=O)OCCCCCCCCCCCCCC/C=C\CCCCCCCCCCCCCCCCCC(=O)NC(CO)C(O)/C=C/CCCCCCCCCCC. The maximum absolute atomic E-state index is 12.4. The first-order valence-corrected chi connectivity index (χ1v) is 33.3. The molecule has 0 saturated carbocycles. The summed E-state index contributed by atoms with van der Waals surface area (Å²) in [4.78, 5) is 24.5. The van der Waals surface area contributed by atoms with Crippen LogP contribution >= 0.6 is 0 Å². The number of unbranched alkanes of at least 4 members (excludes halogenated alkanes) is 47. The third kappa shape index (κ3) is 59.3. The normalized spacial score (nSPS) is 12.8. The van der Waals surface area contributed by atoms with Gasteiger partial charge in [-0.2, -0.15) is 0 Å². The van der Waals surface area contributed by atoms with E-state index >= 15 is 0 Å². The Bertz CT molecular complexity index is 1200. The Kier molecular flexibility index (Phi) is 62.0. The molecule has 0 aromatic heterocycles. The second-order valence-electron chi connectivity index (χ2n) is 22.8. The highest BCUT2D eigenvalue weighted by atomic mass is 16.5. The van der Waals surface area contributed by atoms with Crippen LogP contribution in [0.4, 0.5) is 0 Å². The molecular weight excluding hydrogens is 911 g/mol. The number of hydrogen-bond acceptors (Lipinski definition) is 5. The number of ether oxygens (including phenoxy) is 1. The van der Waals surface area contributed by atoms with Crippen molar-refractivity contribution in [1.29, 1.82) is 0 Å². The first-order valence-electron chi connectivity index (χ1n) is 33.3. The van der Waals surface area contributed by atoms with Crippen molar-refractivity contribution in [1.82, 2.24) is 5.32 Å². The Morgan fingerprint density at radius 1 is 0.365 bits per heavy atom. The molecule has 0 aliphatic heterocycles. The third-order valence-corrected chi connectivity index (χ3v) is 15.4. The van der Waals surface area contributed by atoms with E-state index in [1.807, 2.05) is 6.08 Å². The predicted octanol–water partition coefficient (Wildman–Crippen LogP) is 21.1. The van der Waals surface area contributed by atoms with Crippen LogP contribution in [0.15, 0.2) is 36.5 Å². The molecule has 0 aromatic rings. The molecule has 1 amide bonds. The Balaban J connectivity index is 3.35. The zero-order valence-corrected chi connectivity index (χ0v) is 49.8. The average Bonchev–Trinajstić information content (AvgIpc) is 3.40. The molecule has 0 aliphatic rings. The lowest BCUT2D eigenvalue weighted by atomic mass is 10.0. The van der Waals surface area contributed by atoms with Gasteiger partial charge in [-0.3, -0.25) is 9.59 Å². The Labute approximate surface area is 462 Å². The fourth-order valence-electron chi connectivity index (χ4n) is 10.3. The lowest BCUT2D eigenvalue weighted by Crippen LogP contribution is -2.45. The molecular formula is C68H129NO5. The van der Waals surface area contributed by atoms with Gasteiger partial charge in [0.1, 0.15) is 0 Å². The molecule has 436 valence electrons. The van der Waals surface area contributed by atoms with E-state index < -0.39 is 12.1 Å². The van der Waals surface area contributed by atoms with Gasteiger partial charge in [-0.25, -0.2) is 0 Å². The van der Waals surface area contributed by atoms with Gasteiger partial charge in [-0.05, 0) is 83.5 Å². The van der Waals surface area contributed by atoms with Crippen LogP contribution in [0.1, 0.15) is 361 Å². The van der Waals surface area contributed by atoms with Crippen molar-refractivity contribution >= 4 is 11.9 Å². The molecule has 0 spiro atoms. The van der Waals surface area contributed by atoms with Gasteiger partial charge in [0.2, 0.25) is 5.91 Å². The Morgan fingerprint density at radius 2 is 0.635 bits per heavy atom. The molecule has 0 rings (SSSR count). The van der Waals surface area contributed by atoms with Gasteiger partial charge in [-0.1, -0.05) is 301 Å². The minimum Gasteiger partial charge on any atom is -0.466 e. The van der Waals surface area contributed by atoms with Gasteiger partial charge in [0.15, 0.2) is 0 Å². The molecule has 6 heteroatoms. The molecule has 0 fully saturated rings. The number of aliphatic hydroxyl groups excluding tert-OH is 2. The number of carbonyl (C=O) groups excluding carboxylic acids is 2. The second-order valence-corrected chi connectivity index (χ2v) is 22.8. The molecule has 74 heavy (non-hydrogen) atoms. The number of nitrogens with one attached hydrogen (secondary N) is 1. The highest BCUT2D eigenvalue weighted by Gasteiger charge is 2.18. The van der Waals surface area contributed by atoms with Crippen molar-refractivity contribution in [2.45, 2.75) is 373 Å². The molecule has 0 aliphatic carbocycles. The van der Waals surface area contributed by atoms with Gasteiger partial charge < -0.3 is 20.3 Å². The standard InChI is InChI=1S/C68H129NO5/c1-3-5-7-9-11-13-15-16-34-38-42-46-50-54-58-62-68(73)74-63-59-55-51-47-43-39-36-33-31-29-27-25-23-21-19-17-18-20-22-24-26-28-30-32-35-37-41-45-49-53-57-61-67(72)69-65(64-70)66(71)60-56-52-48-44-40-14-12-10-8-6-4-2/h16,19,21,34,56,60,65-66,70-71H,3-15,17-18,20,22-33,35-55,57-59,61-64H2,1-2H3,(H,69,72)/b21-19-,34-16-,60-56+. The summed E-state index contributed by atoms with van der Waals surface area (Å²) in [7, 11) is 0. The highest BCUT2D eigenvalue weighted by molar-refractivity contribution is 5.76. The van der Waals surface area contributed by atoms with Crippen LogP contribution in [0.25, 0.3) is 0 Å². The van der Waals surface area contributed by atoms with Crippen molar-refractivity contribution in [2.24, 2.45) is 0 Å². The maximum Gasteiger partial charge on any atom is 0.305 e. The largest absolute Gasteiger partial charge is 0.466 e. The van der Waals surface area contributed by atoms with Crippen molar-refractivity contribution in [2.75, 3.05) is 13.2 Å². The summed E-state index contributed by atoms with van der Waals surface area (Å²) in [6.45, 7) is 4.90. The first kappa shape index (κ1) is 72.1. The minimum absolute atomic E-state index is 0.00951. The number of aliphatic hydroxyl groups is 2. The third-order valence-electron chi connectivity index (χ3n) is 15.4. The van der Waals surface area contributed by atoms with Crippen LogP contribution in [0.5, 0.6) is 0 Å². The van der Waals surface area contributed by atoms with Crippen molar-refractivity contribution in [3.05, 3.63) is 36.5 Å². The van der Waals surface area contributed by atoms with Crippen molar-refractivity contribution < 1.29 is 24.5 Å². The quantitative estimate of drug-likeness (QED) is 0.0320. The summed E-state index contributed by atoms with van der Waals surface area (Å²) in [5.41, 5.74) is 0. The molecule has 0 aromatic carbocycles. The summed E-state index contributed by atoms with van der Waals surface area (Å²) in [6.07, 6.45) is 80.8. The van der Waals surface area contributed by atoms with Gasteiger partial charge in [0.25, 0.3) is 0 Å². The first-order chi connectivity index (χ1) is 36.5. The molecule has 2 unspecified atom stereocenters. The van der Waals surface area contributed by atoms with E-state index in [2.05, 4.69) is 43.5 Å². The van der Waals surface area contributed by atoms with Crippen LogP contribution in [-0.4, -0.2) is 47.4 Å². The Hall–Kier alpha value is -1.92. The van der Waals surface area contributed by atoms with E-state index in [0.717, 1.165) is 44.9 Å². The number of allylic oxidation sites excluding steroid dienone is 5. The fourth-order valence-corrected chi connectivity index (χ4v) is 10.3. The second kappa shape index (κ2) is 63.6. The van der Waals surface area contributed by atoms with Crippen LogP contribution < -0.4 is 5.32 Å². The fraction of sp³-hybridized carbons (Fsp3) is 0.882. The van der Waals surface area contributed by atoms with Crippen molar-refractivity contribution in [3.63, 3.8) is 0 Å². The number of hydrogen-bond donors (Lipinski definition) is 3. The summed E-state index contributed by atoms with van der Waals surface area (Å²) < 4.78 is 5.49. The Morgan fingerprint density at radius 3 is 0.959 bits per heavy atom. The van der Waals surface area contributed by atoms with Gasteiger partial charge in [-0.15, -0.1) is 0 Å². The van der Waals surface area contributed by atoms with Crippen LogP contribution in [0, 0.1) is 0 Å². The van der Waals surface area contributed by atoms with Gasteiger partial charge >= 0.3 is 5.97 Å². The smallest absolute Gasteiger partial charge is 0.305 e. The summed E-state index contributed by atoms with van der Waals surface area (Å²) in [5.74, 6) is -0.0567. The zero-order valence-electron chi connectivity index (χ0n) is 49.8. The molecule has 0 heterocycles. The molecule has 0 saturated heterocycles. The molecule has 3 N–H and O–H groups in total. The average molecular weight is 1040 g/mol. The zero-order chi connectivity index (χ0) is 53.6. The van der Waals surface area contributed by atoms with Crippen molar-refractivity contribution in [3.8, 4) is 0 Å². The molecule has 6 nitrogen and oxygen atoms in total. The molecule has 0 bridgehead atoms. The predicted molar refractivity (Wildman–Crippen MR) is 324 cm³/mol. The van der Waals surface area contributed by atoms with E-state index in [1.54, 1.807) is 6.08 Å². The number of rotatable bonds is 62. The molecule has 2 atom stereocenters. The van der Waals surface area contributed by atoms with Gasteiger partial charge in [0, 0.05) is 12.8 Å². The van der Waals surface area contributed by atoms with Crippen LogP contribution in [-0.2, 0) is 14.3 Å². The molecule has 0 radical (unpaired) electrons. The summed E-state index contributed by atoms with van der Waals surface area (Å²) >= 11 is 0. The van der Waals surface area contributed by atoms with Crippen LogP contribution in [0.3, 0.4) is 0 Å². The number of amides is 1. The monoisotopic (exact) mass is 1040 g/mol. The van der Waals surface area contributed by atoms with E-state index in [1.165, 1.54) is 289 Å². The van der Waals surface area contributed by atoms with E-state index in [4.69, 9.17) is 4.74 Å². The van der Waals surface area contributed by atoms with Crippen LogP contribution in [0.2, 0.25) is 0 Å².